The molecule has 88 valence electrons. The molecular weight excluding hydrogens is 249 g/mol. The van der Waals surface area contributed by atoms with E-state index >= 15 is 0 Å². The number of aldehydes is 1. The van der Waals surface area contributed by atoms with E-state index in [9.17, 15) is 26.4 Å². The van der Waals surface area contributed by atoms with E-state index in [1.165, 1.54) is 0 Å². The van der Waals surface area contributed by atoms with E-state index in [0.29, 0.717) is 6.07 Å². The van der Waals surface area contributed by atoms with Gasteiger partial charge in [0.25, 0.3) is 0 Å². The second kappa shape index (κ2) is 4.56. The molecule has 0 atom stereocenters. The SMILES string of the molecule is O=Cc1cc(C(F)(F)F)nc(C[SH](=O)=O)n1. The van der Waals surface area contributed by atoms with E-state index in [1.807, 2.05) is 0 Å². The van der Waals surface area contributed by atoms with Crippen molar-refractivity contribution < 1.29 is 26.4 Å². The lowest BCUT2D eigenvalue weighted by molar-refractivity contribution is -0.141. The largest absolute Gasteiger partial charge is 0.433 e. The molecular formula is C7H5F3N2O3S. The van der Waals surface area contributed by atoms with Gasteiger partial charge in [0.1, 0.15) is 33.7 Å². The van der Waals surface area contributed by atoms with Gasteiger partial charge in [0.2, 0.25) is 0 Å². The van der Waals surface area contributed by atoms with Crippen LogP contribution in [0.5, 0.6) is 0 Å². The average molecular weight is 254 g/mol. The molecule has 1 aromatic heterocycles. The second-order valence-corrected chi connectivity index (χ2v) is 3.68. The van der Waals surface area contributed by atoms with E-state index in [-0.39, 0.29) is 6.29 Å². The molecule has 9 heteroatoms. The van der Waals surface area contributed by atoms with Gasteiger partial charge in [-0.05, 0) is 6.07 Å². The molecule has 0 amide bonds. The summed E-state index contributed by atoms with van der Waals surface area (Å²) in [6, 6.07) is 0.453. The van der Waals surface area contributed by atoms with Gasteiger partial charge < -0.3 is 0 Å². The van der Waals surface area contributed by atoms with Crippen LogP contribution in [-0.2, 0) is 22.6 Å². The topological polar surface area (TPSA) is 77.0 Å². The number of rotatable bonds is 3. The molecule has 1 aromatic rings. The summed E-state index contributed by atoms with van der Waals surface area (Å²) in [7, 11) is -2.95. The highest BCUT2D eigenvalue weighted by Gasteiger charge is 2.33. The average Bonchev–Trinajstić information content (AvgIpc) is 2.14. The first-order chi connectivity index (χ1) is 7.32. The zero-order valence-corrected chi connectivity index (χ0v) is 8.46. The number of halogens is 3. The van der Waals surface area contributed by atoms with Crippen LogP contribution in [0.1, 0.15) is 22.0 Å². The van der Waals surface area contributed by atoms with Crippen molar-refractivity contribution >= 4 is 17.0 Å². The van der Waals surface area contributed by atoms with E-state index in [4.69, 9.17) is 0 Å². The van der Waals surface area contributed by atoms with Gasteiger partial charge in [0.05, 0.1) is 0 Å². The monoisotopic (exact) mass is 254 g/mol. The maximum absolute atomic E-state index is 12.3. The second-order valence-electron chi connectivity index (χ2n) is 2.70. The van der Waals surface area contributed by atoms with Crippen molar-refractivity contribution in [3.05, 3.63) is 23.3 Å². The summed E-state index contributed by atoms with van der Waals surface area (Å²) >= 11 is 0. The molecule has 0 unspecified atom stereocenters. The molecule has 1 heterocycles. The van der Waals surface area contributed by atoms with Crippen molar-refractivity contribution in [2.45, 2.75) is 11.9 Å². The molecule has 0 aromatic carbocycles. The summed E-state index contributed by atoms with van der Waals surface area (Å²) in [5.41, 5.74) is -1.84. The van der Waals surface area contributed by atoms with E-state index < -0.39 is 39.8 Å². The Morgan fingerprint density at radius 1 is 1.31 bits per heavy atom. The molecule has 0 N–H and O–H groups in total. The van der Waals surface area contributed by atoms with E-state index in [0.717, 1.165) is 0 Å². The molecule has 0 saturated carbocycles. The summed E-state index contributed by atoms with van der Waals surface area (Å²) < 4.78 is 57.4. The Kier molecular flexibility index (Phi) is 3.58. The molecule has 0 bridgehead atoms. The minimum Gasteiger partial charge on any atom is -0.296 e. The van der Waals surface area contributed by atoms with Crippen molar-refractivity contribution in [2.75, 3.05) is 0 Å². The summed E-state index contributed by atoms with van der Waals surface area (Å²) in [5.74, 6) is -1.28. The zero-order chi connectivity index (χ0) is 12.3. The zero-order valence-electron chi connectivity index (χ0n) is 7.56. The van der Waals surface area contributed by atoms with Crippen LogP contribution in [0, 0.1) is 0 Å². The van der Waals surface area contributed by atoms with Crippen LogP contribution in [0.2, 0.25) is 0 Å². The Morgan fingerprint density at radius 3 is 2.38 bits per heavy atom. The third-order valence-electron chi connectivity index (χ3n) is 1.47. The lowest BCUT2D eigenvalue weighted by Gasteiger charge is -2.06. The number of hydrogen-bond donors (Lipinski definition) is 1. The molecule has 0 saturated heterocycles. The smallest absolute Gasteiger partial charge is 0.296 e. The van der Waals surface area contributed by atoms with Gasteiger partial charge in [-0.15, -0.1) is 0 Å². The van der Waals surface area contributed by atoms with Gasteiger partial charge in [-0.25, -0.2) is 18.4 Å². The van der Waals surface area contributed by atoms with Crippen molar-refractivity contribution in [1.29, 1.82) is 0 Å². The third-order valence-corrected chi connectivity index (χ3v) is 2.02. The predicted octanol–water partition coefficient (Wildman–Crippen LogP) is 0.419. The van der Waals surface area contributed by atoms with E-state index in [1.54, 1.807) is 0 Å². The van der Waals surface area contributed by atoms with Gasteiger partial charge in [-0.2, -0.15) is 13.2 Å². The lowest BCUT2D eigenvalue weighted by Crippen LogP contribution is -2.12. The van der Waals surface area contributed by atoms with Gasteiger partial charge >= 0.3 is 6.18 Å². The molecule has 0 aliphatic rings. The van der Waals surface area contributed by atoms with Gasteiger partial charge in [0, 0.05) is 0 Å². The Bertz CT molecular complexity index is 476. The first-order valence-corrected chi connectivity index (χ1v) is 5.21. The molecule has 0 spiro atoms. The lowest BCUT2D eigenvalue weighted by atomic mass is 10.3. The standard InChI is InChI=1S/C7H5F3N2O3S/c8-7(9,10)5-1-4(2-13)11-6(12-5)3-16(14)15/h1-2,16H,3H2. The Hall–Kier alpha value is -1.51. The van der Waals surface area contributed by atoms with Crippen molar-refractivity contribution in [3.63, 3.8) is 0 Å². The molecule has 0 aliphatic carbocycles. The van der Waals surface area contributed by atoms with Crippen molar-refractivity contribution in [1.82, 2.24) is 9.97 Å². The van der Waals surface area contributed by atoms with Gasteiger partial charge in [0.15, 0.2) is 6.29 Å². The first-order valence-electron chi connectivity index (χ1n) is 3.85. The van der Waals surface area contributed by atoms with Crippen LogP contribution < -0.4 is 0 Å². The number of nitrogens with zero attached hydrogens (tertiary/aromatic N) is 2. The fourth-order valence-corrected chi connectivity index (χ4v) is 1.28. The van der Waals surface area contributed by atoms with Crippen LogP contribution in [0.25, 0.3) is 0 Å². The molecule has 0 aliphatic heterocycles. The number of carbonyl (C=O) groups excluding carboxylic acids is 1. The highest BCUT2D eigenvalue weighted by molar-refractivity contribution is 7.71. The van der Waals surface area contributed by atoms with Crippen LogP contribution in [-0.4, -0.2) is 24.7 Å². The molecule has 16 heavy (non-hydrogen) atoms. The minimum absolute atomic E-state index is 0.0955. The predicted molar refractivity (Wildman–Crippen MR) is 46.4 cm³/mol. The van der Waals surface area contributed by atoms with Crippen LogP contribution >= 0.6 is 0 Å². The van der Waals surface area contributed by atoms with Crippen molar-refractivity contribution in [2.24, 2.45) is 0 Å². The quantitative estimate of drug-likeness (QED) is 0.624. The number of carbonyl (C=O) groups is 1. The van der Waals surface area contributed by atoms with Crippen LogP contribution in [0.4, 0.5) is 13.2 Å². The highest BCUT2D eigenvalue weighted by atomic mass is 32.2. The van der Waals surface area contributed by atoms with Crippen LogP contribution in [0.15, 0.2) is 6.07 Å². The van der Waals surface area contributed by atoms with Crippen LogP contribution in [0.3, 0.4) is 0 Å². The summed E-state index contributed by atoms with van der Waals surface area (Å²) in [6.07, 6.45) is -4.65. The highest BCUT2D eigenvalue weighted by Crippen LogP contribution is 2.27. The molecule has 5 nitrogen and oxygen atoms in total. The normalized spacial score (nSPS) is 11.8. The number of alkyl halides is 3. The minimum atomic E-state index is -4.75. The first kappa shape index (κ1) is 12.6. The summed E-state index contributed by atoms with van der Waals surface area (Å²) in [5, 5.41) is 0. The summed E-state index contributed by atoms with van der Waals surface area (Å²) in [4.78, 5) is 16.7. The Labute approximate surface area is 89.3 Å². The van der Waals surface area contributed by atoms with Gasteiger partial charge in [-0.1, -0.05) is 0 Å². The summed E-state index contributed by atoms with van der Waals surface area (Å²) in [6.45, 7) is 0. The van der Waals surface area contributed by atoms with Gasteiger partial charge in [-0.3, -0.25) is 4.79 Å². The Morgan fingerprint density at radius 2 is 1.94 bits per heavy atom. The number of hydrogen-bond acceptors (Lipinski definition) is 5. The Balaban J connectivity index is 3.26. The number of aromatic nitrogens is 2. The third kappa shape index (κ3) is 3.26. The molecule has 0 radical (unpaired) electrons. The maximum Gasteiger partial charge on any atom is 0.433 e. The molecule has 1 rings (SSSR count). The molecule has 0 fully saturated rings. The fourth-order valence-electron chi connectivity index (χ4n) is 0.909. The van der Waals surface area contributed by atoms with E-state index in [2.05, 4.69) is 9.97 Å². The number of thiol groups is 1. The van der Waals surface area contributed by atoms with Crippen molar-refractivity contribution in [3.8, 4) is 0 Å². The fraction of sp³-hybridized carbons (Fsp3) is 0.286. The maximum atomic E-state index is 12.3.